The number of nitrogens with one attached hydrogen (secondary N) is 2. The number of H-pyrrole nitrogens is 1. The van der Waals surface area contributed by atoms with Crippen LogP contribution in [-0.4, -0.2) is 34.0 Å². The molecule has 2 heterocycles. The first kappa shape index (κ1) is 20.5. The number of fused-ring (bicyclic) bond motifs is 1. The van der Waals surface area contributed by atoms with Gasteiger partial charge in [-0.05, 0) is 18.2 Å². The molecule has 0 amide bonds. The van der Waals surface area contributed by atoms with Crippen LogP contribution in [0.2, 0.25) is 0 Å². The van der Waals surface area contributed by atoms with E-state index in [4.69, 9.17) is 0 Å². The van der Waals surface area contributed by atoms with Gasteiger partial charge in [0.05, 0.1) is 22.3 Å². The van der Waals surface area contributed by atoms with Crippen molar-refractivity contribution in [3.63, 3.8) is 0 Å². The highest BCUT2D eigenvalue weighted by Crippen LogP contribution is 2.31. The smallest absolute Gasteiger partial charge is 0.347 e. The van der Waals surface area contributed by atoms with E-state index in [0.717, 1.165) is 24.3 Å². The van der Waals surface area contributed by atoms with E-state index in [1.54, 1.807) is 14.1 Å². The van der Waals surface area contributed by atoms with E-state index < -0.39 is 23.5 Å². The Labute approximate surface area is 172 Å². The number of nitrogens with zero attached hydrogens (tertiary/aromatic N) is 4. The van der Waals surface area contributed by atoms with Crippen molar-refractivity contribution in [2.75, 3.05) is 24.3 Å². The zero-order valence-corrected chi connectivity index (χ0v) is 16.2. The van der Waals surface area contributed by atoms with Gasteiger partial charge in [0.1, 0.15) is 17.5 Å². The molecule has 0 fully saturated rings. The maximum atomic E-state index is 14.6. The van der Waals surface area contributed by atoms with Crippen LogP contribution in [0.3, 0.4) is 0 Å². The average molecular weight is 434 g/mol. The van der Waals surface area contributed by atoms with Crippen molar-refractivity contribution in [2.45, 2.75) is 6.18 Å². The van der Waals surface area contributed by atoms with Crippen LogP contribution in [0.4, 0.5) is 39.4 Å². The van der Waals surface area contributed by atoms with Gasteiger partial charge < -0.3 is 15.2 Å². The van der Waals surface area contributed by atoms with Gasteiger partial charge >= 0.3 is 6.18 Å². The zero-order chi connectivity index (χ0) is 22.3. The fourth-order valence-electron chi connectivity index (χ4n) is 2.89. The lowest BCUT2D eigenvalue weighted by Gasteiger charge is -2.12. The number of halogens is 5. The molecular formula is C20H15F5N6. The second-order valence-electron chi connectivity index (χ2n) is 6.91. The first-order chi connectivity index (χ1) is 14.6. The Morgan fingerprint density at radius 1 is 0.935 bits per heavy atom. The molecule has 0 unspecified atom stereocenters. The summed E-state index contributed by atoms with van der Waals surface area (Å²) in [7, 11) is 3.27. The van der Waals surface area contributed by atoms with Crippen molar-refractivity contribution in [1.29, 1.82) is 0 Å². The average Bonchev–Trinajstić information content (AvgIpc) is 3.10. The number of hydrogen-bond donors (Lipinski definition) is 2. The molecule has 0 radical (unpaired) electrons. The number of aromatic amines is 1. The fourth-order valence-corrected chi connectivity index (χ4v) is 2.89. The second-order valence-corrected chi connectivity index (χ2v) is 6.91. The summed E-state index contributed by atoms with van der Waals surface area (Å²) in [5.41, 5.74) is 0.353. The van der Waals surface area contributed by atoms with E-state index in [0.29, 0.717) is 11.1 Å². The van der Waals surface area contributed by atoms with Crippen LogP contribution < -0.4 is 10.2 Å². The molecule has 0 spiro atoms. The summed E-state index contributed by atoms with van der Waals surface area (Å²) in [5.74, 6) is -1.01. The van der Waals surface area contributed by atoms with Crippen LogP contribution >= 0.6 is 0 Å². The molecule has 6 nitrogen and oxygen atoms in total. The molecule has 0 saturated carbocycles. The number of aromatic nitrogens is 4. The highest BCUT2D eigenvalue weighted by molar-refractivity contribution is 5.83. The molecule has 4 aromatic rings. The summed E-state index contributed by atoms with van der Waals surface area (Å²) >= 11 is 0. The minimum atomic E-state index is -4.44. The molecule has 31 heavy (non-hydrogen) atoms. The molecule has 0 bridgehead atoms. The van der Waals surface area contributed by atoms with Crippen LogP contribution in [0, 0.1) is 11.8 Å². The third-order valence-corrected chi connectivity index (χ3v) is 4.40. The van der Waals surface area contributed by atoms with Crippen LogP contribution in [0.5, 0.6) is 0 Å². The number of alkyl halides is 3. The molecular weight excluding hydrogens is 419 g/mol. The Morgan fingerprint density at radius 2 is 1.65 bits per heavy atom. The van der Waals surface area contributed by atoms with Crippen molar-refractivity contribution in [3.8, 4) is 11.4 Å². The van der Waals surface area contributed by atoms with Crippen LogP contribution in [0.25, 0.3) is 22.4 Å². The Morgan fingerprint density at radius 3 is 2.29 bits per heavy atom. The minimum Gasteiger partial charge on any atom is -0.347 e. The Kier molecular flexibility index (Phi) is 4.96. The summed E-state index contributed by atoms with van der Waals surface area (Å²) in [5, 5.41) is 2.71. The van der Waals surface area contributed by atoms with Gasteiger partial charge in [-0.2, -0.15) is 27.5 Å². The molecule has 2 aromatic heterocycles. The van der Waals surface area contributed by atoms with Crippen molar-refractivity contribution < 1.29 is 22.0 Å². The van der Waals surface area contributed by atoms with Gasteiger partial charge in [-0.3, -0.25) is 0 Å². The lowest BCUT2D eigenvalue weighted by Crippen LogP contribution is -2.14. The summed E-state index contributed by atoms with van der Waals surface area (Å²) in [6, 6.07) is 8.05. The maximum Gasteiger partial charge on any atom is 0.416 e. The van der Waals surface area contributed by atoms with Crippen molar-refractivity contribution in [1.82, 2.24) is 19.9 Å². The monoisotopic (exact) mass is 434 g/mol. The number of rotatable bonds is 4. The van der Waals surface area contributed by atoms with Gasteiger partial charge in [0, 0.05) is 31.8 Å². The quantitative estimate of drug-likeness (QED) is 0.344. The Bertz CT molecular complexity index is 1250. The third-order valence-electron chi connectivity index (χ3n) is 4.40. The number of imidazole rings is 1. The van der Waals surface area contributed by atoms with Gasteiger partial charge in [-0.15, -0.1) is 0 Å². The molecule has 160 valence electrons. The van der Waals surface area contributed by atoms with E-state index in [2.05, 4.69) is 25.3 Å². The lowest BCUT2D eigenvalue weighted by molar-refractivity contribution is -0.137. The molecule has 0 aliphatic carbocycles. The molecule has 2 aromatic carbocycles. The van der Waals surface area contributed by atoms with E-state index in [1.807, 2.05) is 0 Å². The topological polar surface area (TPSA) is 69.7 Å². The normalized spacial score (nSPS) is 11.7. The third kappa shape index (κ3) is 4.25. The van der Waals surface area contributed by atoms with Crippen molar-refractivity contribution in [2.24, 2.45) is 0 Å². The largest absolute Gasteiger partial charge is 0.416 e. The highest BCUT2D eigenvalue weighted by atomic mass is 19.4. The zero-order valence-electron chi connectivity index (χ0n) is 16.2. The summed E-state index contributed by atoms with van der Waals surface area (Å²) in [6.07, 6.45) is -4.44. The first-order valence-electron chi connectivity index (χ1n) is 8.96. The van der Waals surface area contributed by atoms with Gasteiger partial charge in [0.2, 0.25) is 11.9 Å². The molecule has 2 N–H and O–H groups in total. The number of anilines is 3. The summed E-state index contributed by atoms with van der Waals surface area (Å²) < 4.78 is 66.5. The minimum absolute atomic E-state index is 0.0120. The van der Waals surface area contributed by atoms with Crippen molar-refractivity contribution >= 4 is 28.5 Å². The lowest BCUT2D eigenvalue weighted by atomic mass is 10.1. The maximum absolute atomic E-state index is 14.6. The first-order valence-corrected chi connectivity index (χ1v) is 8.96. The number of benzene rings is 2. The molecule has 0 aliphatic heterocycles. The van der Waals surface area contributed by atoms with E-state index in [1.165, 1.54) is 23.1 Å². The molecule has 0 aliphatic rings. The standard InChI is InChI=1S/C20H15F5N6/c1-31(2)19-29-16(22)9-17(30-19)26-13-8-15-14(7-12(13)21)27-18(28-15)10-3-5-11(6-4-10)20(23,24)25/h3-9H,1-2H3,(H,27,28)(H,26,29,30). The SMILES string of the molecule is CN(C)c1nc(F)cc(Nc2cc3[nH]c(-c4ccc(C(F)(F)F)cc4)nc3cc2F)n1. The number of hydrogen-bond acceptors (Lipinski definition) is 5. The van der Waals surface area contributed by atoms with E-state index in [-0.39, 0.29) is 28.8 Å². The highest BCUT2D eigenvalue weighted by Gasteiger charge is 2.30. The van der Waals surface area contributed by atoms with Gasteiger partial charge in [-0.1, -0.05) is 12.1 Å². The molecule has 0 saturated heterocycles. The molecule has 11 heteroatoms. The van der Waals surface area contributed by atoms with Crippen molar-refractivity contribution in [3.05, 3.63) is 59.8 Å². The van der Waals surface area contributed by atoms with E-state index in [9.17, 15) is 22.0 Å². The molecule has 0 atom stereocenters. The van der Waals surface area contributed by atoms with Crippen LogP contribution in [0.15, 0.2) is 42.5 Å². The fraction of sp³-hybridized carbons (Fsp3) is 0.150. The predicted octanol–water partition coefficient (Wildman–Crippen LogP) is 5.13. The predicted molar refractivity (Wildman–Crippen MR) is 106 cm³/mol. The van der Waals surface area contributed by atoms with Gasteiger partial charge in [0.25, 0.3) is 0 Å². The summed E-state index contributed by atoms with van der Waals surface area (Å²) in [6.45, 7) is 0. The van der Waals surface area contributed by atoms with Crippen LogP contribution in [-0.2, 0) is 6.18 Å². The van der Waals surface area contributed by atoms with Crippen LogP contribution in [0.1, 0.15) is 5.56 Å². The van der Waals surface area contributed by atoms with Gasteiger partial charge in [-0.25, -0.2) is 9.37 Å². The van der Waals surface area contributed by atoms with Gasteiger partial charge in [0.15, 0.2) is 0 Å². The second kappa shape index (κ2) is 7.49. The summed E-state index contributed by atoms with van der Waals surface area (Å²) in [4.78, 5) is 16.4. The Balaban J connectivity index is 1.67. The van der Waals surface area contributed by atoms with E-state index >= 15 is 0 Å². The molecule has 4 rings (SSSR count). The Hall–Kier alpha value is -3.76.